The summed E-state index contributed by atoms with van der Waals surface area (Å²) in [5.74, 6) is 1.29. The predicted molar refractivity (Wildman–Crippen MR) is 55.4 cm³/mol. The van der Waals surface area contributed by atoms with Crippen molar-refractivity contribution in [3.63, 3.8) is 0 Å². The van der Waals surface area contributed by atoms with Crippen LogP contribution in [0.15, 0.2) is 24.3 Å². The van der Waals surface area contributed by atoms with Crippen LogP contribution in [0, 0.1) is 0 Å². The number of hydrogen-bond donors (Lipinski definition) is 1. The van der Waals surface area contributed by atoms with Gasteiger partial charge in [-0.25, -0.2) is 4.72 Å². The Bertz CT molecular complexity index is 299. The first-order valence-corrected chi connectivity index (χ1v) is 5.31. The van der Waals surface area contributed by atoms with Gasteiger partial charge in [-0.15, -0.1) is 0 Å². The molecule has 0 radical (unpaired) electrons. The SMILES string of the molecule is CCNS(=O)Oc1ccc(OC)cc1. The van der Waals surface area contributed by atoms with Crippen LogP contribution < -0.4 is 13.6 Å². The molecule has 1 aromatic carbocycles. The molecule has 0 saturated heterocycles. The quantitative estimate of drug-likeness (QED) is 0.804. The molecule has 0 heterocycles. The normalized spacial score (nSPS) is 12.1. The van der Waals surface area contributed by atoms with E-state index in [1.54, 1.807) is 31.4 Å². The van der Waals surface area contributed by atoms with Gasteiger partial charge in [0.25, 0.3) is 11.3 Å². The lowest BCUT2D eigenvalue weighted by molar-refractivity contribution is 0.414. The van der Waals surface area contributed by atoms with Gasteiger partial charge in [-0.05, 0) is 24.3 Å². The number of nitrogens with one attached hydrogen (secondary N) is 1. The summed E-state index contributed by atoms with van der Waals surface area (Å²) < 4.78 is 23.8. The van der Waals surface area contributed by atoms with E-state index in [1.165, 1.54) is 0 Å². The van der Waals surface area contributed by atoms with E-state index in [1.807, 2.05) is 6.92 Å². The Balaban J connectivity index is 2.55. The van der Waals surface area contributed by atoms with Gasteiger partial charge in [-0.3, -0.25) is 0 Å². The smallest absolute Gasteiger partial charge is 0.287 e. The minimum absolute atomic E-state index is 0.546. The Labute approximate surface area is 86.0 Å². The van der Waals surface area contributed by atoms with Crippen molar-refractivity contribution >= 4 is 11.3 Å². The van der Waals surface area contributed by atoms with Gasteiger partial charge in [0.05, 0.1) is 7.11 Å². The fourth-order valence-electron chi connectivity index (χ4n) is 0.866. The molecule has 1 aromatic rings. The predicted octanol–water partition coefficient (Wildman–Crippen LogP) is 1.26. The summed E-state index contributed by atoms with van der Waals surface area (Å²) in [5, 5.41) is 0. The molecule has 5 heteroatoms. The summed E-state index contributed by atoms with van der Waals surface area (Å²) in [6.45, 7) is 2.46. The van der Waals surface area contributed by atoms with Crippen molar-refractivity contribution < 1.29 is 13.1 Å². The van der Waals surface area contributed by atoms with Crippen molar-refractivity contribution in [2.75, 3.05) is 13.7 Å². The maximum absolute atomic E-state index is 11.1. The third kappa shape index (κ3) is 3.35. The van der Waals surface area contributed by atoms with E-state index in [4.69, 9.17) is 8.92 Å². The lowest BCUT2D eigenvalue weighted by atomic mass is 10.3. The number of hydrogen-bond acceptors (Lipinski definition) is 3. The van der Waals surface area contributed by atoms with Crippen molar-refractivity contribution in [2.45, 2.75) is 6.92 Å². The first-order chi connectivity index (χ1) is 6.76. The monoisotopic (exact) mass is 215 g/mol. The lowest BCUT2D eigenvalue weighted by Crippen LogP contribution is -2.20. The Kier molecular flexibility index (Phi) is 4.42. The van der Waals surface area contributed by atoms with Crippen LogP contribution in [0.2, 0.25) is 0 Å². The average molecular weight is 215 g/mol. The summed E-state index contributed by atoms with van der Waals surface area (Å²) in [7, 11) is 1.59. The molecule has 0 amide bonds. The maximum Gasteiger partial charge on any atom is 0.287 e. The molecule has 0 saturated carbocycles. The average Bonchev–Trinajstić information content (AvgIpc) is 2.19. The maximum atomic E-state index is 11.1. The number of ether oxygens (including phenoxy) is 1. The van der Waals surface area contributed by atoms with Crippen LogP contribution in [0.25, 0.3) is 0 Å². The molecule has 0 aromatic heterocycles. The van der Waals surface area contributed by atoms with Gasteiger partial charge in [-0.1, -0.05) is 6.92 Å². The number of methoxy groups -OCH3 is 1. The zero-order valence-electron chi connectivity index (χ0n) is 8.15. The van der Waals surface area contributed by atoms with Crippen molar-refractivity contribution in [3.05, 3.63) is 24.3 Å². The van der Waals surface area contributed by atoms with Crippen molar-refractivity contribution in [1.82, 2.24) is 4.72 Å². The second-order valence-electron chi connectivity index (χ2n) is 2.49. The topological polar surface area (TPSA) is 47.6 Å². The van der Waals surface area contributed by atoms with E-state index in [-0.39, 0.29) is 0 Å². The van der Waals surface area contributed by atoms with Crippen LogP contribution in [0.4, 0.5) is 0 Å². The number of rotatable bonds is 5. The zero-order chi connectivity index (χ0) is 10.4. The first-order valence-electron chi connectivity index (χ1n) is 4.24. The molecule has 1 rings (SSSR count). The number of benzene rings is 1. The highest BCUT2D eigenvalue weighted by Crippen LogP contribution is 2.17. The molecule has 0 bridgehead atoms. The Morgan fingerprint density at radius 3 is 2.36 bits per heavy atom. The molecule has 14 heavy (non-hydrogen) atoms. The minimum Gasteiger partial charge on any atom is -0.497 e. The van der Waals surface area contributed by atoms with Crippen LogP contribution in [-0.4, -0.2) is 17.9 Å². The Morgan fingerprint density at radius 2 is 1.86 bits per heavy atom. The largest absolute Gasteiger partial charge is 0.497 e. The van der Waals surface area contributed by atoms with Gasteiger partial charge in [0.1, 0.15) is 11.5 Å². The summed E-state index contributed by atoms with van der Waals surface area (Å²) in [6.07, 6.45) is 0. The molecular formula is C9H13NO3S. The summed E-state index contributed by atoms with van der Waals surface area (Å²) in [6, 6.07) is 6.90. The fourth-order valence-corrected chi connectivity index (χ4v) is 1.45. The highest BCUT2D eigenvalue weighted by Gasteiger charge is 2.00. The lowest BCUT2D eigenvalue weighted by Gasteiger charge is -2.04. The molecule has 4 nitrogen and oxygen atoms in total. The zero-order valence-corrected chi connectivity index (χ0v) is 8.97. The minimum atomic E-state index is -1.47. The first kappa shape index (κ1) is 11.0. The van der Waals surface area contributed by atoms with Gasteiger partial charge in [-0.2, -0.15) is 4.21 Å². The summed E-state index contributed by atoms with van der Waals surface area (Å²) in [4.78, 5) is 0. The van der Waals surface area contributed by atoms with Crippen LogP contribution >= 0.6 is 0 Å². The van der Waals surface area contributed by atoms with Gasteiger partial charge < -0.3 is 8.92 Å². The van der Waals surface area contributed by atoms with Crippen LogP contribution in [-0.2, 0) is 11.3 Å². The third-order valence-electron chi connectivity index (χ3n) is 1.49. The van der Waals surface area contributed by atoms with E-state index in [0.717, 1.165) is 5.75 Å². The van der Waals surface area contributed by atoms with Crippen molar-refractivity contribution in [3.8, 4) is 11.5 Å². The van der Waals surface area contributed by atoms with Crippen LogP contribution in [0.1, 0.15) is 6.92 Å². The van der Waals surface area contributed by atoms with E-state index >= 15 is 0 Å². The highest BCUT2D eigenvalue weighted by atomic mass is 32.2. The van der Waals surface area contributed by atoms with Gasteiger partial charge >= 0.3 is 0 Å². The van der Waals surface area contributed by atoms with Gasteiger partial charge in [0.2, 0.25) is 0 Å². The van der Waals surface area contributed by atoms with Crippen LogP contribution in [0.5, 0.6) is 11.5 Å². The third-order valence-corrected chi connectivity index (χ3v) is 2.36. The molecule has 1 N–H and O–H groups in total. The van der Waals surface area contributed by atoms with E-state index in [0.29, 0.717) is 12.3 Å². The molecule has 1 atom stereocenters. The van der Waals surface area contributed by atoms with Crippen molar-refractivity contribution in [2.24, 2.45) is 0 Å². The molecule has 1 unspecified atom stereocenters. The summed E-state index contributed by atoms with van der Waals surface area (Å²) >= 11 is -1.47. The summed E-state index contributed by atoms with van der Waals surface area (Å²) in [5.41, 5.74) is 0. The second kappa shape index (κ2) is 5.62. The molecule has 0 aliphatic heterocycles. The molecular weight excluding hydrogens is 202 g/mol. The van der Waals surface area contributed by atoms with Gasteiger partial charge in [0.15, 0.2) is 0 Å². The Morgan fingerprint density at radius 1 is 1.29 bits per heavy atom. The standard InChI is InChI=1S/C9H13NO3S/c1-3-10-14(11)13-9-6-4-8(12-2)5-7-9/h4-7,10H,3H2,1-2H3. The van der Waals surface area contributed by atoms with Crippen LogP contribution in [0.3, 0.4) is 0 Å². The second-order valence-corrected chi connectivity index (χ2v) is 3.42. The molecule has 0 fully saturated rings. The molecule has 78 valence electrons. The molecule has 0 spiro atoms. The molecule has 0 aliphatic rings. The fraction of sp³-hybridized carbons (Fsp3) is 0.333. The van der Waals surface area contributed by atoms with E-state index in [2.05, 4.69) is 4.72 Å². The van der Waals surface area contributed by atoms with Gasteiger partial charge in [0, 0.05) is 6.54 Å². The van der Waals surface area contributed by atoms with E-state index < -0.39 is 11.3 Å². The van der Waals surface area contributed by atoms with E-state index in [9.17, 15) is 4.21 Å². The Hall–Kier alpha value is -1.07. The van der Waals surface area contributed by atoms with Crippen molar-refractivity contribution in [1.29, 1.82) is 0 Å². The highest BCUT2D eigenvalue weighted by molar-refractivity contribution is 7.78. The molecule has 0 aliphatic carbocycles.